The molecule has 1 amide bonds. The summed E-state index contributed by atoms with van der Waals surface area (Å²) in [5.74, 6) is 0.649. The Labute approximate surface area is 183 Å². The highest BCUT2D eigenvalue weighted by Gasteiger charge is 2.42. The van der Waals surface area contributed by atoms with E-state index < -0.39 is 15.9 Å². The smallest absolute Gasteiger partial charge is 0.266 e. The van der Waals surface area contributed by atoms with Crippen molar-refractivity contribution >= 4 is 55.9 Å². The van der Waals surface area contributed by atoms with Crippen LogP contribution in [0.5, 0.6) is 0 Å². The zero-order valence-corrected chi connectivity index (χ0v) is 18.2. The van der Waals surface area contributed by atoms with Gasteiger partial charge in [-0.3, -0.25) is 14.5 Å². The minimum Gasteiger partial charge on any atom is -0.457 e. The quantitative estimate of drug-likeness (QED) is 0.410. The average Bonchev–Trinajstić information content (AvgIpc) is 3.40. The molecule has 156 valence electrons. The minimum atomic E-state index is -3.12. The predicted molar refractivity (Wildman–Crippen MR) is 120 cm³/mol. The average molecular weight is 463 g/mol. The number of sulfone groups is 1. The van der Waals surface area contributed by atoms with Gasteiger partial charge in [-0.15, -0.1) is 0 Å². The SMILES string of the molecule is NCC(=O)c1ccc(-c2ccc(/C=C3/SC(=S)N(C4CCS(=O)(=O)C4)C3=O)o2)cc1. The van der Waals surface area contributed by atoms with E-state index in [4.69, 9.17) is 22.4 Å². The van der Waals surface area contributed by atoms with Gasteiger partial charge in [0.25, 0.3) is 5.91 Å². The van der Waals surface area contributed by atoms with Gasteiger partial charge in [0.05, 0.1) is 29.0 Å². The zero-order chi connectivity index (χ0) is 21.5. The van der Waals surface area contributed by atoms with Crippen LogP contribution in [0, 0.1) is 0 Å². The molecule has 7 nitrogen and oxygen atoms in total. The summed E-state index contributed by atoms with van der Waals surface area (Å²) in [6.45, 7) is -0.0464. The molecule has 2 aliphatic rings. The molecule has 2 saturated heterocycles. The van der Waals surface area contributed by atoms with Crippen LogP contribution in [0.4, 0.5) is 0 Å². The molecule has 10 heteroatoms. The van der Waals surface area contributed by atoms with Crippen molar-refractivity contribution in [2.45, 2.75) is 12.5 Å². The number of carbonyl (C=O) groups excluding carboxylic acids is 2. The van der Waals surface area contributed by atoms with Crippen molar-refractivity contribution in [3.8, 4) is 11.3 Å². The van der Waals surface area contributed by atoms with Gasteiger partial charge in [0, 0.05) is 17.2 Å². The second kappa shape index (κ2) is 8.10. The first kappa shape index (κ1) is 21.0. The fraction of sp³-hybridized carbons (Fsp3) is 0.250. The fourth-order valence-electron chi connectivity index (χ4n) is 3.43. The summed E-state index contributed by atoms with van der Waals surface area (Å²) in [7, 11) is -3.12. The predicted octanol–water partition coefficient (Wildman–Crippen LogP) is 2.48. The normalized spacial score (nSPS) is 22.2. The number of carbonyl (C=O) groups is 2. The molecule has 0 bridgehead atoms. The van der Waals surface area contributed by atoms with Crippen molar-refractivity contribution in [2.75, 3.05) is 18.1 Å². The maximum atomic E-state index is 12.8. The Balaban J connectivity index is 1.52. The Bertz CT molecular complexity index is 1170. The number of amides is 1. The molecule has 1 unspecified atom stereocenters. The largest absolute Gasteiger partial charge is 0.457 e. The lowest BCUT2D eigenvalue weighted by Gasteiger charge is -2.20. The highest BCUT2D eigenvalue weighted by Crippen LogP contribution is 2.36. The maximum Gasteiger partial charge on any atom is 0.266 e. The Kier molecular flexibility index (Phi) is 5.67. The van der Waals surface area contributed by atoms with Crippen LogP contribution in [0.15, 0.2) is 45.7 Å². The zero-order valence-electron chi connectivity index (χ0n) is 15.7. The molecular weight excluding hydrogens is 444 g/mol. The number of furan rings is 1. The highest BCUT2D eigenvalue weighted by molar-refractivity contribution is 8.26. The van der Waals surface area contributed by atoms with Gasteiger partial charge < -0.3 is 10.2 Å². The van der Waals surface area contributed by atoms with E-state index in [1.807, 2.05) is 0 Å². The van der Waals surface area contributed by atoms with Crippen molar-refractivity contribution in [1.29, 1.82) is 0 Å². The van der Waals surface area contributed by atoms with Crippen molar-refractivity contribution in [3.05, 3.63) is 52.6 Å². The number of nitrogens with zero attached hydrogens (tertiary/aromatic N) is 1. The van der Waals surface area contributed by atoms with Crippen molar-refractivity contribution in [1.82, 2.24) is 4.90 Å². The molecule has 30 heavy (non-hydrogen) atoms. The summed E-state index contributed by atoms with van der Waals surface area (Å²) in [5, 5.41) is 0. The van der Waals surface area contributed by atoms with Gasteiger partial charge in [0.15, 0.2) is 15.6 Å². The molecule has 0 aliphatic carbocycles. The van der Waals surface area contributed by atoms with Crippen LogP contribution in [-0.2, 0) is 14.6 Å². The topological polar surface area (TPSA) is 111 Å². The summed E-state index contributed by atoms with van der Waals surface area (Å²) in [6.07, 6.45) is 2.01. The number of benzene rings is 1. The third kappa shape index (κ3) is 4.13. The van der Waals surface area contributed by atoms with Crippen molar-refractivity contribution < 1.29 is 22.4 Å². The summed E-state index contributed by atoms with van der Waals surface area (Å²) in [5.41, 5.74) is 6.69. The maximum absolute atomic E-state index is 12.8. The van der Waals surface area contributed by atoms with Gasteiger partial charge in [-0.1, -0.05) is 48.2 Å². The van der Waals surface area contributed by atoms with E-state index in [-0.39, 0.29) is 29.7 Å². The van der Waals surface area contributed by atoms with Crippen LogP contribution in [0.3, 0.4) is 0 Å². The molecule has 2 aromatic rings. The molecule has 0 spiro atoms. The van der Waals surface area contributed by atoms with Gasteiger partial charge in [0.2, 0.25) is 0 Å². The number of hydrogen-bond acceptors (Lipinski definition) is 8. The van der Waals surface area contributed by atoms with Gasteiger partial charge in [0.1, 0.15) is 15.8 Å². The molecule has 1 aromatic carbocycles. The second-order valence-electron chi connectivity index (χ2n) is 7.02. The fourth-order valence-corrected chi connectivity index (χ4v) is 6.51. The molecular formula is C20H18N2O5S3. The lowest BCUT2D eigenvalue weighted by molar-refractivity contribution is -0.123. The van der Waals surface area contributed by atoms with Crippen LogP contribution in [-0.4, -0.2) is 53.4 Å². The first-order valence-corrected chi connectivity index (χ1v) is 12.2. The summed E-state index contributed by atoms with van der Waals surface area (Å²) in [4.78, 5) is 26.2. The van der Waals surface area contributed by atoms with E-state index in [1.165, 1.54) is 4.90 Å². The molecule has 0 radical (unpaired) electrons. The number of Topliss-reactive ketones (excluding diaryl/α,β-unsaturated/α-hetero) is 1. The number of rotatable bonds is 5. The standard InChI is InChI=1S/C20H18N2O5S3/c21-10-16(23)12-1-3-13(4-2-12)17-6-5-15(27-17)9-18-19(24)22(20(28)29-18)14-7-8-30(25,26)11-14/h1-6,9,14H,7-8,10-11,21H2/b18-9+. The Morgan fingerprint density at radius 3 is 2.63 bits per heavy atom. The van der Waals surface area contributed by atoms with E-state index in [9.17, 15) is 18.0 Å². The van der Waals surface area contributed by atoms with E-state index in [0.29, 0.717) is 32.7 Å². The van der Waals surface area contributed by atoms with Gasteiger partial charge in [-0.05, 0) is 18.6 Å². The van der Waals surface area contributed by atoms with Crippen LogP contribution in [0.1, 0.15) is 22.5 Å². The third-order valence-corrected chi connectivity index (χ3v) is 8.05. The lowest BCUT2D eigenvalue weighted by atomic mass is 10.1. The molecule has 1 aromatic heterocycles. The number of hydrogen-bond donors (Lipinski definition) is 1. The monoisotopic (exact) mass is 462 g/mol. The van der Waals surface area contributed by atoms with Crippen molar-refractivity contribution in [3.63, 3.8) is 0 Å². The van der Waals surface area contributed by atoms with Crippen LogP contribution < -0.4 is 5.73 Å². The van der Waals surface area contributed by atoms with Gasteiger partial charge >= 0.3 is 0 Å². The van der Waals surface area contributed by atoms with Gasteiger partial charge in [-0.25, -0.2) is 8.42 Å². The molecule has 0 saturated carbocycles. The number of nitrogens with two attached hydrogens (primary N) is 1. The van der Waals surface area contributed by atoms with Gasteiger partial charge in [-0.2, -0.15) is 0 Å². The highest BCUT2D eigenvalue weighted by atomic mass is 32.2. The summed E-state index contributed by atoms with van der Waals surface area (Å²) in [6, 6.07) is 10.0. The molecule has 2 fully saturated rings. The van der Waals surface area contributed by atoms with E-state index >= 15 is 0 Å². The number of ketones is 1. The molecule has 1 atom stereocenters. The molecule has 4 rings (SSSR count). The third-order valence-electron chi connectivity index (χ3n) is 4.97. The minimum absolute atomic E-state index is 0.0464. The van der Waals surface area contributed by atoms with E-state index in [1.54, 1.807) is 42.5 Å². The second-order valence-corrected chi connectivity index (χ2v) is 10.9. The first-order valence-electron chi connectivity index (χ1n) is 9.18. The lowest BCUT2D eigenvalue weighted by Crippen LogP contribution is -2.39. The Morgan fingerprint density at radius 2 is 2.00 bits per heavy atom. The van der Waals surface area contributed by atoms with Crippen LogP contribution >= 0.6 is 24.0 Å². The van der Waals surface area contributed by atoms with Crippen LogP contribution in [0.25, 0.3) is 17.4 Å². The van der Waals surface area contributed by atoms with Crippen LogP contribution in [0.2, 0.25) is 0 Å². The molecule has 3 heterocycles. The van der Waals surface area contributed by atoms with E-state index in [2.05, 4.69) is 0 Å². The van der Waals surface area contributed by atoms with E-state index in [0.717, 1.165) is 17.3 Å². The summed E-state index contributed by atoms with van der Waals surface area (Å²) >= 11 is 6.45. The number of thiocarbonyl (C=S) groups is 1. The number of thioether (sulfide) groups is 1. The Morgan fingerprint density at radius 1 is 1.27 bits per heavy atom. The van der Waals surface area contributed by atoms with Crippen molar-refractivity contribution in [2.24, 2.45) is 5.73 Å². The Hall–Kier alpha value is -2.27. The molecule has 2 aliphatic heterocycles. The first-order chi connectivity index (χ1) is 14.3. The molecule has 2 N–H and O–H groups in total. The summed E-state index contributed by atoms with van der Waals surface area (Å²) < 4.78 is 29.7.